The van der Waals surface area contributed by atoms with Gasteiger partial charge in [0, 0.05) is 24.6 Å². The number of carboxylic acid groups (broad SMARTS) is 1. The number of hydrogen-bond acceptors (Lipinski definition) is 2. The second-order valence-corrected chi connectivity index (χ2v) is 7.03. The molecule has 0 aromatic heterocycles. The van der Waals surface area contributed by atoms with Gasteiger partial charge in [0.15, 0.2) is 0 Å². The van der Waals surface area contributed by atoms with Crippen molar-refractivity contribution in [3.63, 3.8) is 0 Å². The van der Waals surface area contributed by atoms with E-state index in [1.807, 2.05) is 48.5 Å². The molecule has 1 aliphatic carbocycles. The molecule has 2 unspecified atom stereocenters. The Bertz CT molecular complexity index is 872. The Kier molecular flexibility index (Phi) is 4.33. The van der Waals surface area contributed by atoms with Crippen molar-refractivity contribution in [3.8, 4) is 0 Å². The van der Waals surface area contributed by atoms with Gasteiger partial charge >= 0.3 is 5.97 Å². The molecule has 1 fully saturated rings. The van der Waals surface area contributed by atoms with E-state index >= 15 is 0 Å². The highest BCUT2D eigenvalue weighted by atomic mass is 16.4. The number of nitrogens with zero attached hydrogens (tertiary/aromatic N) is 1. The molecule has 4 heteroatoms. The third-order valence-corrected chi connectivity index (χ3v) is 5.42. The summed E-state index contributed by atoms with van der Waals surface area (Å²) in [6.45, 7) is 0.696. The van der Waals surface area contributed by atoms with Crippen LogP contribution in [0.25, 0.3) is 6.08 Å². The van der Waals surface area contributed by atoms with E-state index < -0.39 is 11.9 Å². The van der Waals surface area contributed by atoms with Crippen molar-refractivity contribution in [2.75, 3.05) is 13.1 Å². The zero-order valence-electron chi connectivity index (χ0n) is 14.5. The molecule has 2 aromatic rings. The van der Waals surface area contributed by atoms with Gasteiger partial charge in [-0.15, -0.1) is 0 Å². The summed E-state index contributed by atoms with van der Waals surface area (Å²) in [7, 11) is 0. The zero-order valence-corrected chi connectivity index (χ0v) is 14.5. The van der Waals surface area contributed by atoms with Crippen molar-refractivity contribution in [3.05, 3.63) is 76.9 Å². The van der Waals surface area contributed by atoms with Gasteiger partial charge in [0.25, 0.3) is 5.91 Å². The first kappa shape index (κ1) is 16.6. The molecule has 4 rings (SSSR count). The molecule has 0 spiro atoms. The minimum absolute atomic E-state index is 0.0768. The van der Waals surface area contributed by atoms with E-state index in [-0.39, 0.29) is 18.4 Å². The number of aryl methyl sites for hydroxylation is 1. The fourth-order valence-corrected chi connectivity index (χ4v) is 4.01. The van der Waals surface area contributed by atoms with Crippen molar-refractivity contribution in [1.82, 2.24) is 4.90 Å². The number of carbonyl (C=O) groups excluding carboxylic acids is 1. The van der Waals surface area contributed by atoms with Crippen molar-refractivity contribution >= 4 is 18.0 Å². The van der Waals surface area contributed by atoms with Crippen LogP contribution in [0.4, 0.5) is 0 Å². The lowest BCUT2D eigenvalue weighted by molar-refractivity contribution is -0.141. The second kappa shape index (κ2) is 6.79. The molecule has 1 heterocycles. The van der Waals surface area contributed by atoms with Gasteiger partial charge in [-0.1, -0.05) is 48.6 Å². The maximum Gasteiger partial charge on any atom is 0.308 e. The molecule has 0 radical (unpaired) electrons. The molecule has 0 bridgehead atoms. The summed E-state index contributed by atoms with van der Waals surface area (Å²) in [5.74, 6) is -1.66. The number of rotatable bonds is 3. The average Bonchev–Trinajstić information content (AvgIpc) is 3.13. The van der Waals surface area contributed by atoms with E-state index in [4.69, 9.17) is 0 Å². The molecule has 4 nitrogen and oxygen atoms in total. The minimum Gasteiger partial charge on any atom is -0.481 e. The SMILES string of the molecule is O=C(O)C1CN(C(=O)c2ccc3c(c2)CCC=C3)CC1c1ccccc1. The van der Waals surface area contributed by atoms with Crippen LogP contribution < -0.4 is 0 Å². The number of likely N-dealkylation sites (tertiary alicyclic amines) is 1. The molecule has 1 saturated heterocycles. The molecule has 26 heavy (non-hydrogen) atoms. The van der Waals surface area contributed by atoms with Crippen molar-refractivity contribution < 1.29 is 14.7 Å². The molecule has 1 aliphatic heterocycles. The first-order valence-electron chi connectivity index (χ1n) is 9.00. The normalized spacial score (nSPS) is 21.5. The molecule has 132 valence electrons. The van der Waals surface area contributed by atoms with Gasteiger partial charge in [-0.2, -0.15) is 0 Å². The number of fused-ring (bicyclic) bond motifs is 1. The van der Waals surface area contributed by atoms with E-state index in [0.717, 1.165) is 18.4 Å². The highest BCUT2D eigenvalue weighted by molar-refractivity contribution is 5.95. The molecule has 2 aliphatic rings. The Morgan fingerprint density at radius 3 is 2.62 bits per heavy atom. The molecule has 1 amide bonds. The smallest absolute Gasteiger partial charge is 0.308 e. The number of allylic oxidation sites excluding steroid dienone is 1. The zero-order chi connectivity index (χ0) is 18.1. The van der Waals surface area contributed by atoms with Crippen molar-refractivity contribution in [1.29, 1.82) is 0 Å². The third kappa shape index (κ3) is 3.03. The van der Waals surface area contributed by atoms with E-state index in [2.05, 4.69) is 12.2 Å². The lowest BCUT2D eigenvalue weighted by Crippen LogP contribution is -2.30. The average molecular weight is 347 g/mol. The number of amides is 1. The quantitative estimate of drug-likeness (QED) is 0.923. The van der Waals surface area contributed by atoms with Crippen LogP contribution in [0, 0.1) is 5.92 Å². The Hall–Kier alpha value is -2.88. The molecule has 2 atom stereocenters. The number of hydrogen-bond donors (Lipinski definition) is 1. The van der Waals surface area contributed by atoms with Crippen LogP contribution in [0.3, 0.4) is 0 Å². The first-order chi connectivity index (χ1) is 12.6. The van der Waals surface area contributed by atoms with Gasteiger partial charge in [-0.05, 0) is 41.7 Å². The lowest BCUT2D eigenvalue weighted by Gasteiger charge is -2.18. The summed E-state index contributed by atoms with van der Waals surface area (Å²) in [6, 6.07) is 15.4. The van der Waals surface area contributed by atoms with Crippen molar-refractivity contribution in [2.24, 2.45) is 5.92 Å². The standard InChI is InChI=1S/C22H21NO3/c24-21(18-11-10-15-6-4-5-9-17(15)12-18)23-13-19(20(14-23)22(25)26)16-7-2-1-3-8-16/h1-4,6-8,10-12,19-20H,5,9,13-14H2,(H,25,26). The van der Waals surface area contributed by atoms with E-state index in [1.54, 1.807) is 4.90 Å². The van der Waals surface area contributed by atoms with Gasteiger partial charge in [0.2, 0.25) is 0 Å². The number of carbonyl (C=O) groups is 2. The van der Waals surface area contributed by atoms with Crippen LogP contribution >= 0.6 is 0 Å². The van der Waals surface area contributed by atoms with E-state index in [1.165, 1.54) is 11.1 Å². The van der Waals surface area contributed by atoms with Gasteiger partial charge in [-0.3, -0.25) is 9.59 Å². The fourth-order valence-electron chi connectivity index (χ4n) is 4.01. The molecule has 2 aromatic carbocycles. The summed E-state index contributed by atoms with van der Waals surface area (Å²) in [5.41, 5.74) is 3.98. The number of aliphatic carboxylic acids is 1. The molecule has 0 saturated carbocycles. The summed E-state index contributed by atoms with van der Waals surface area (Å²) in [6.07, 6.45) is 6.17. The summed E-state index contributed by atoms with van der Waals surface area (Å²) in [4.78, 5) is 26.4. The van der Waals surface area contributed by atoms with Gasteiger partial charge in [0.05, 0.1) is 5.92 Å². The van der Waals surface area contributed by atoms with Gasteiger partial charge in [-0.25, -0.2) is 0 Å². The van der Waals surface area contributed by atoms with Crippen LogP contribution in [0.5, 0.6) is 0 Å². The molecular weight excluding hydrogens is 326 g/mol. The number of carboxylic acids is 1. The van der Waals surface area contributed by atoms with Crippen LogP contribution in [0.15, 0.2) is 54.6 Å². The van der Waals surface area contributed by atoms with E-state index in [9.17, 15) is 14.7 Å². The summed E-state index contributed by atoms with van der Waals surface area (Å²) >= 11 is 0. The Balaban J connectivity index is 1.59. The fraction of sp³-hybridized carbons (Fsp3) is 0.273. The number of benzene rings is 2. The monoisotopic (exact) mass is 347 g/mol. The third-order valence-electron chi connectivity index (χ3n) is 5.42. The van der Waals surface area contributed by atoms with E-state index in [0.29, 0.717) is 12.1 Å². The van der Waals surface area contributed by atoms with Crippen LogP contribution in [0.1, 0.15) is 39.4 Å². The van der Waals surface area contributed by atoms with Crippen LogP contribution in [0.2, 0.25) is 0 Å². The first-order valence-corrected chi connectivity index (χ1v) is 9.00. The van der Waals surface area contributed by atoms with Crippen molar-refractivity contribution in [2.45, 2.75) is 18.8 Å². The molecular formula is C22H21NO3. The minimum atomic E-state index is -0.843. The predicted molar refractivity (Wildman–Crippen MR) is 100 cm³/mol. The van der Waals surface area contributed by atoms with Gasteiger partial charge in [0.1, 0.15) is 0 Å². The maximum absolute atomic E-state index is 13.0. The van der Waals surface area contributed by atoms with Gasteiger partial charge < -0.3 is 10.0 Å². The lowest BCUT2D eigenvalue weighted by atomic mass is 9.89. The summed E-state index contributed by atoms with van der Waals surface area (Å²) < 4.78 is 0. The second-order valence-electron chi connectivity index (χ2n) is 7.03. The summed E-state index contributed by atoms with van der Waals surface area (Å²) in [5, 5.41) is 9.63. The van der Waals surface area contributed by atoms with Crippen LogP contribution in [-0.4, -0.2) is 35.0 Å². The maximum atomic E-state index is 13.0. The van der Waals surface area contributed by atoms with Crippen LogP contribution in [-0.2, 0) is 11.2 Å². The Labute approximate surface area is 152 Å². The highest BCUT2D eigenvalue weighted by Gasteiger charge is 2.40. The Morgan fingerprint density at radius 1 is 1.04 bits per heavy atom. The Morgan fingerprint density at radius 2 is 1.85 bits per heavy atom. The molecule has 1 N–H and O–H groups in total. The predicted octanol–water partition coefficient (Wildman–Crippen LogP) is 3.59. The highest BCUT2D eigenvalue weighted by Crippen LogP contribution is 2.34. The topological polar surface area (TPSA) is 57.6 Å². The largest absolute Gasteiger partial charge is 0.481 e.